The van der Waals surface area contributed by atoms with Gasteiger partial charge in [-0.3, -0.25) is 0 Å². The van der Waals surface area contributed by atoms with Crippen molar-refractivity contribution in [3.8, 4) is 5.75 Å². The zero-order valence-corrected chi connectivity index (χ0v) is 9.12. The van der Waals surface area contributed by atoms with Crippen LogP contribution in [0.1, 0.15) is 20.8 Å². The largest absolute Gasteiger partial charge is 0.483 e. The summed E-state index contributed by atoms with van der Waals surface area (Å²) in [5.41, 5.74) is -0.815. The average molecular weight is 240 g/mol. The molecule has 0 aliphatic rings. The van der Waals surface area contributed by atoms with Crippen LogP contribution in [0.4, 0.5) is 13.2 Å². The Labute approximate surface area is 90.0 Å². The molecule has 0 saturated carbocycles. The van der Waals surface area contributed by atoms with E-state index < -0.39 is 34.1 Å². The van der Waals surface area contributed by atoms with Gasteiger partial charge in [0.05, 0.1) is 0 Å². The summed E-state index contributed by atoms with van der Waals surface area (Å²) < 4.78 is 43.8. The Morgan fingerprint density at radius 3 is 2.13 bits per heavy atom. The summed E-state index contributed by atoms with van der Waals surface area (Å²) in [6, 6.07) is 0. The average Bonchev–Trinajstić information content (AvgIpc) is 2.08. The number of ether oxygens (including phenoxy) is 1. The van der Waals surface area contributed by atoms with Crippen molar-refractivity contribution in [2.45, 2.75) is 26.4 Å². The molecule has 0 bridgehead atoms. The van der Waals surface area contributed by atoms with Gasteiger partial charge in [0.1, 0.15) is 10.6 Å². The molecule has 0 radical (unpaired) electrons. The standard InChI is InChI=1S/C9H9ClF3NO/c1-9(2,3)15-6-4(10)7(12)14-8(13)5(6)11/h1-3H3. The molecule has 1 heterocycles. The van der Waals surface area contributed by atoms with E-state index in [2.05, 4.69) is 4.98 Å². The first-order valence-electron chi connectivity index (χ1n) is 4.11. The maximum atomic E-state index is 13.2. The molecule has 1 rings (SSSR count). The van der Waals surface area contributed by atoms with E-state index in [1.807, 2.05) is 0 Å². The summed E-state index contributed by atoms with van der Waals surface area (Å²) in [6.45, 7) is 4.79. The number of halogens is 4. The lowest BCUT2D eigenvalue weighted by atomic mass is 10.2. The number of hydrogen-bond acceptors (Lipinski definition) is 2. The van der Waals surface area contributed by atoms with Crippen molar-refractivity contribution in [1.29, 1.82) is 0 Å². The van der Waals surface area contributed by atoms with Crippen LogP contribution >= 0.6 is 11.6 Å². The van der Waals surface area contributed by atoms with E-state index in [-0.39, 0.29) is 0 Å². The number of hydrogen-bond donors (Lipinski definition) is 0. The van der Waals surface area contributed by atoms with Crippen molar-refractivity contribution < 1.29 is 17.9 Å². The lowest BCUT2D eigenvalue weighted by molar-refractivity contribution is 0.121. The van der Waals surface area contributed by atoms with Crippen LogP contribution in [0.3, 0.4) is 0 Å². The summed E-state index contributed by atoms with van der Waals surface area (Å²) in [4.78, 5) is 2.64. The zero-order valence-electron chi connectivity index (χ0n) is 8.37. The molecule has 0 atom stereocenters. The molecule has 0 N–H and O–H groups in total. The maximum absolute atomic E-state index is 13.2. The molecule has 84 valence electrons. The highest BCUT2D eigenvalue weighted by atomic mass is 35.5. The third kappa shape index (κ3) is 2.75. The van der Waals surface area contributed by atoms with Gasteiger partial charge >= 0.3 is 0 Å². The van der Waals surface area contributed by atoms with Crippen molar-refractivity contribution in [2.24, 2.45) is 0 Å². The molecule has 15 heavy (non-hydrogen) atoms. The van der Waals surface area contributed by atoms with Crippen LogP contribution in [0.15, 0.2) is 0 Å². The van der Waals surface area contributed by atoms with E-state index in [1.54, 1.807) is 20.8 Å². The molecule has 0 unspecified atom stereocenters. The molecular formula is C9H9ClF3NO. The fourth-order valence-corrected chi connectivity index (χ4v) is 1.03. The van der Waals surface area contributed by atoms with E-state index in [0.717, 1.165) is 0 Å². The first-order valence-corrected chi connectivity index (χ1v) is 4.49. The van der Waals surface area contributed by atoms with Crippen LogP contribution in [-0.2, 0) is 0 Å². The smallest absolute Gasteiger partial charge is 0.255 e. The quantitative estimate of drug-likeness (QED) is 0.702. The van der Waals surface area contributed by atoms with E-state index in [1.165, 1.54) is 0 Å². The summed E-state index contributed by atoms with van der Waals surface area (Å²) >= 11 is 5.41. The Bertz CT molecular complexity index is 364. The van der Waals surface area contributed by atoms with Crippen LogP contribution < -0.4 is 4.74 Å². The number of nitrogens with zero attached hydrogens (tertiary/aromatic N) is 1. The second kappa shape index (κ2) is 3.89. The van der Waals surface area contributed by atoms with Crippen molar-refractivity contribution in [2.75, 3.05) is 0 Å². The second-order valence-electron chi connectivity index (χ2n) is 3.86. The van der Waals surface area contributed by atoms with E-state index in [4.69, 9.17) is 16.3 Å². The third-order valence-corrected chi connectivity index (χ3v) is 1.69. The zero-order chi connectivity index (χ0) is 11.8. The molecule has 0 aromatic carbocycles. The van der Waals surface area contributed by atoms with Crippen LogP contribution in [0.5, 0.6) is 5.75 Å². The van der Waals surface area contributed by atoms with Gasteiger partial charge in [-0.15, -0.1) is 0 Å². The fraction of sp³-hybridized carbons (Fsp3) is 0.444. The normalized spacial score (nSPS) is 11.7. The van der Waals surface area contributed by atoms with Crippen molar-refractivity contribution >= 4 is 11.6 Å². The topological polar surface area (TPSA) is 22.1 Å². The summed E-state index contributed by atoms with van der Waals surface area (Å²) in [5.74, 6) is -4.92. The summed E-state index contributed by atoms with van der Waals surface area (Å²) in [6.07, 6.45) is 0. The molecule has 1 aromatic rings. The lowest BCUT2D eigenvalue weighted by Gasteiger charge is -2.22. The van der Waals surface area contributed by atoms with Gasteiger partial charge in [0.15, 0.2) is 5.75 Å². The molecule has 0 amide bonds. The highest BCUT2D eigenvalue weighted by Crippen LogP contribution is 2.32. The lowest BCUT2D eigenvalue weighted by Crippen LogP contribution is -2.24. The monoisotopic (exact) mass is 239 g/mol. The molecule has 0 spiro atoms. The van der Waals surface area contributed by atoms with Crippen LogP contribution in [-0.4, -0.2) is 10.6 Å². The van der Waals surface area contributed by atoms with E-state index >= 15 is 0 Å². The van der Waals surface area contributed by atoms with Gasteiger partial charge in [-0.05, 0) is 20.8 Å². The van der Waals surface area contributed by atoms with Crippen molar-refractivity contribution in [3.63, 3.8) is 0 Å². The Balaban J connectivity index is 3.27. The molecular weight excluding hydrogens is 231 g/mol. The fourth-order valence-electron chi connectivity index (χ4n) is 0.864. The van der Waals surface area contributed by atoms with Crippen molar-refractivity contribution in [1.82, 2.24) is 4.98 Å². The number of rotatable bonds is 1. The molecule has 2 nitrogen and oxygen atoms in total. The van der Waals surface area contributed by atoms with Gasteiger partial charge in [-0.1, -0.05) is 11.6 Å². The molecule has 0 aliphatic heterocycles. The van der Waals surface area contributed by atoms with Gasteiger partial charge in [-0.2, -0.15) is 18.2 Å². The van der Waals surface area contributed by atoms with Crippen LogP contribution in [0.25, 0.3) is 0 Å². The number of aromatic nitrogens is 1. The molecule has 0 aliphatic carbocycles. The first kappa shape index (κ1) is 12.1. The van der Waals surface area contributed by atoms with Gasteiger partial charge in [-0.25, -0.2) is 0 Å². The molecule has 1 aromatic heterocycles. The summed E-state index contributed by atoms with van der Waals surface area (Å²) in [7, 11) is 0. The minimum absolute atomic E-state index is 0.658. The Kier molecular flexibility index (Phi) is 3.13. The number of pyridine rings is 1. The summed E-state index contributed by atoms with van der Waals surface area (Å²) in [5, 5.41) is -0.663. The first-order chi connectivity index (χ1) is 6.72. The Morgan fingerprint density at radius 2 is 1.67 bits per heavy atom. The van der Waals surface area contributed by atoms with Gasteiger partial charge in [0.2, 0.25) is 11.8 Å². The predicted molar refractivity (Wildman–Crippen MR) is 49.5 cm³/mol. The second-order valence-corrected chi connectivity index (χ2v) is 4.24. The third-order valence-electron chi connectivity index (χ3n) is 1.37. The van der Waals surface area contributed by atoms with E-state index in [0.29, 0.717) is 0 Å². The SMILES string of the molecule is CC(C)(C)Oc1c(F)c(F)nc(F)c1Cl. The minimum Gasteiger partial charge on any atom is -0.483 e. The highest BCUT2D eigenvalue weighted by Gasteiger charge is 2.24. The maximum Gasteiger partial charge on any atom is 0.255 e. The Hall–Kier alpha value is -0.970. The van der Waals surface area contributed by atoms with E-state index in [9.17, 15) is 13.2 Å². The van der Waals surface area contributed by atoms with Gasteiger partial charge in [0, 0.05) is 0 Å². The molecule has 0 fully saturated rings. The van der Waals surface area contributed by atoms with Gasteiger partial charge < -0.3 is 4.74 Å². The van der Waals surface area contributed by atoms with Gasteiger partial charge in [0.25, 0.3) is 5.95 Å². The van der Waals surface area contributed by atoms with Crippen molar-refractivity contribution in [3.05, 3.63) is 22.7 Å². The van der Waals surface area contributed by atoms with Crippen LogP contribution in [0, 0.1) is 17.7 Å². The highest BCUT2D eigenvalue weighted by molar-refractivity contribution is 6.32. The molecule has 6 heteroatoms. The Morgan fingerprint density at radius 1 is 1.13 bits per heavy atom. The molecule has 0 saturated heterocycles. The predicted octanol–water partition coefficient (Wildman–Crippen LogP) is 3.33. The minimum atomic E-state index is -1.57. The van der Waals surface area contributed by atoms with Crippen LogP contribution in [0.2, 0.25) is 5.02 Å².